The van der Waals surface area contributed by atoms with E-state index in [4.69, 9.17) is 27.9 Å². The zero-order chi connectivity index (χ0) is 20.0. The fourth-order valence-electron chi connectivity index (χ4n) is 4.27. The van der Waals surface area contributed by atoms with Gasteiger partial charge in [0.15, 0.2) is 11.6 Å². The average Bonchev–Trinajstić information content (AvgIpc) is 3.17. The van der Waals surface area contributed by atoms with Crippen LogP contribution in [0.15, 0.2) is 83.0 Å². The fourth-order valence-corrected chi connectivity index (χ4v) is 4.81. The molecule has 2 aliphatic rings. The van der Waals surface area contributed by atoms with Crippen molar-refractivity contribution in [3.63, 3.8) is 0 Å². The summed E-state index contributed by atoms with van der Waals surface area (Å²) in [5.74, 6) is 0.0869. The lowest BCUT2D eigenvalue weighted by Crippen LogP contribution is -2.51. The van der Waals surface area contributed by atoms with E-state index in [1.54, 1.807) is 18.2 Å². The SMILES string of the molecule is O=C1c2ccccc2O[C@@H](c2ccccc2)[C@@]12N=NC[C@@H]2c1ccc(Cl)cc1Cl. The number of benzene rings is 3. The molecule has 6 heteroatoms. The zero-order valence-electron chi connectivity index (χ0n) is 15.3. The second kappa shape index (κ2) is 6.97. The number of nitrogens with zero attached hydrogens (tertiary/aromatic N) is 2. The number of hydrogen-bond acceptors (Lipinski definition) is 4. The van der Waals surface area contributed by atoms with Crippen LogP contribution in [0.3, 0.4) is 0 Å². The van der Waals surface area contributed by atoms with Crippen molar-refractivity contribution in [1.82, 2.24) is 0 Å². The monoisotopic (exact) mass is 422 g/mol. The van der Waals surface area contributed by atoms with Crippen molar-refractivity contribution in [1.29, 1.82) is 0 Å². The topological polar surface area (TPSA) is 51.0 Å². The van der Waals surface area contributed by atoms with Crippen molar-refractivity contribution in [3.05, 3.63) is 99.5 Å². The third-order valence-electron chi connectivity index (χ3n) is 5.61. The van der Waals surface area contributed by atoms with E-state index in [0.717, 1.165) is 11.1 Å². The van der Waals surface area contributed by atoms with Crippen LogP contribution in [-0.4, -0.2) is 17.9 Å². The first-order valence-electron chi connectivity index (χ1n) is 9.30. The van der Waals surface area contributed by atoms with E-state index in [0.29, 0.717) is 27.9 Å². The molecule has 29 heavy (non-hydrogen) atoms. The number of ether oxygens (including phenoxy) is 1. The molecule has 0 saturated carbocycles. The maximum absolute atomic E-state index is 13.9. The highest BCUT2D eigenvalue weighted by Gasteiger charge is 2.60. The molecule has 3 aromatic rings. The first-order valence-corrected chi connectivity index (χ1v) is 10.1. The largest absolute Gasteiger partial charge is 0.482 e. The second-order valence-electron chi connectivity index (χ2n) is 7.20. The number of carbonyl (C=O) groups is 1. The predicted molar refractivity (Wildman–Crippen MR) is 112 cm³/mol. The van der Waals surface area contributed by atoms with Crippen LogP contribution >= 0.6 is 23.2 Å². The molecule has 144 valence electrons. The van der Waals surface area contributed by atoms with Crippen molar-refractivity contribution >= 4 is 29.0 Å². The van der Waals surface area contributed by atoms with Crippen LogP contribution in [0.25, 0.3) is 0 Å². The molecule has 1 spiro atoms. The Morgan fingerprint density at radius 3 is 2.52 bits per heavy atom. The number of para-hydroxylation sites is 1. The van der Waals surface area contributed by atoms with Crippen LogP contribution in [0.2, 0.25) is 10.0 Å². The number of fused-ring (bicyclic) bond motifs is 1. The molecule has 2 aliphatic heterocycles. The van der Waals surface area contributed by atoms with Gasteiger partial charge < -0.3 is 4.74 Å². The number of carbonyl (C=O) groups excluding carboxylic acids is 1. The van der Waals surface area contributed by atoms with Crippen LogP contribution < -0.4 is 4.74 Å². The molecule has 0 fully saturated rings. The Balaban J connectivity index is 1.74. The highest BCUT2D eigenvalue weighted by atomic mass is 35.5. The smallest absolute Gasteiger partial charge is 0.200 e. The van der Waals surface area contributed by atoms with Crippen molar-refractivity contribution in [2.75, 3.05) is 6.54 Å². The van der Waals surface area contributed by atoms with Crippen LogP contribution in [-0.2, 0) is 0 Å². The summed E-state index contributed by atoms with van der Waals surface area (Å²) in [4.78, 5) is 13.9. The molecule has 0 saturated heterocycles. The molecule has 3 aromatic carbocycles. The van der Waals surface area contributed by atoms with Gasteiger partial charge in [-0.1, -0.05) is 71.7 Å². The van der Waals surface area contributed by atoms with Gasteiger partial charge in [-0.25, -0.2) is 0 Å². The van der Waals surface area contributed by atoms with Crippen LogP contribution in [0.5, 0.6) is 5.75 Å². The van der Waals surface area contributed by atoms with Gasteiger partial charge in [0.25, 0.3) is 0 Å². The van der Waals surface area contributed by atoms with E-state index in [1.807, 2.05) is 54.6 Å². The third-order valence-corrected chi connectivity index (χ3v) is 6.17. The lowest BCUT2D eigenvalue weighted by atomic mass is 9.69. The standard InChI is InChI=1S/C23H16Cl2N2O2/c24-15-10-11-16(19(25)12-15)18-13-26-27-23(18)21(28)17-8-4-5-9-20(17)29-22(23)14-6-2-1-3-7-14/h1-12,18,22H,13H2/t18-,22+,23+/m1/s1. The molecule has 2 heterocycles. The average molecular weight is 423 g/mol. The lowest BCUT2D eigenvalue weighted by molar-refractivity contribution is 0.0522. The summed E-state index contributed by atoms with van der Waals surface area (Å²) in [5.41, 5.74) is 0.938. The van der Waals surface area contributed by atoms with Gasteiger partial charge in [0.1, 0.15) is 5.75 Å². The summed E-state index contributed by atoms with van der Waals surface area (Å²) in [5, 5.41) is 9.89. The first kappa shape index (κ1) is 18.3. The summed E-state index contributed by atoms with van der Waals surface area (Å²) >= 11 is 12.6. The summed E-state index contributed by atoms with van der Waals surface area (Å²) in [7, 11) is 0. The van der Waals surface area contributed by atoms with Crippen molar-refractivity contribution in [3.8, 4) is 5.75 Å². The Bertz CT molecular complexity index is 1130. The van der Waals surface area contributed by atoms with E-state index >= 15 is 0 Å². The lowest BCUT2D eigenvalue weighted by Gasteiger charge is -2.41. The van der Waals surface area contributed by atoms with E-state index in [-0.39, 0.29) is 11.7 Å². The molecule has 0 radical (unpaired) electrons. The molecule has 3 atom stereocenters. The highest BCUT2D eigenvalue weighted by Crippen LogP contribution is 2.53. The minimum absolute atomic E-state index is 0.106. The van der Waals surface area contributed by atoms with Gasteiger partial charge in [-0.2, -0.15) is 10.2 Å². The van der Waals surface area contributed by atoms with E-state index in [9.17, 15) is 4.79 Å². The molecule has 4 nitrogen and oxygen atoms in total. The van der Waals surface area contributed by atoms with Gasteiger partial charge >= 0.3 is 0 Å². The Labute approximate surface area is 178 Å². The normalized spacial score (nSPS) is 25.1. The predicted octanol–water partition coefficient (Wildman–Crippen LogP) is 6.30. The van der Waals surface area contributed by atoms with Gasteiger partial charge in [0, 0.05) is 16.0 Å². The number of azo groups is 1. The molecular weight excluding hydrogens is 407 g/mol. The molecular formula is C23H16Cl2N2O2. The van der Waals surface area contributed by atoms with E-state index in [1.165, 1.54) is 0 Å². The fraction of sp³-hybridized carbons (Fsp3) is 0.174. The number of halogens is 2. The van der Waals surface area contributed by atoms with Crippen LogP contribution in [0.1, 0.15) is 33.5 Å². The Morgan fingerprint density at radius 1 is 0.966 bits per heavy atom. The molecule has 0 aliphatic carbocycles. The Hall–Kier alpha value is -2.69. The second-order valence-corrected chi connectivity index (χ2v) is 8.05. The summed E-state index contributed by atoms with van der Waals surface area (Å²) < 4.78 is 6.40. The molecule has 0 N–H and O–H groups in total. The van der Waals surface area contributed by atoms with E-state index in [2.05, 4.69) is 10.2 Å². The highest BCUT2D eigenvalue weighted by molar-refractivity contribution is 6.35. The van der Waals surface area contributed by atoms with Crippen molar-refractivity contribution in [2.45, 2.75) is 17.6 Å². The van der Waals surface area contributed by atoms with Gasteiger partial charge in [-0.3, -0.25) is 4.79 Å². The zero-order valence-corrected chi connectivity index (χ0v) is 16.8. The molecule has 0 aromatic heterocycles. The van der Waals surface area contributed by atoms with Crippen LogP contribution in [0, 0.1) is 0 Å². The quantitative estimate of drug-likeness (QED) is 0.486. The maximum atomic E-state index is 13.9. The summed E-state index contributed by atoms with van der Waals surface area (Å²) in [6.07, 6.45) is -0.617. The minimum atomic E-state index is -1.23. The Kier molecular flexibility index (Phi) is 4.41. The van der Waals surface area contributed by atoms with Gasteiger partial charge in [0.05, 0.1) is 12.1 Å². The number of ketones is 1. The van der Waals surface area contributed by atoms with E-state index < -0.39 is 11.6 Å². The van der Waals surface area contributed by atoms with Gasteiger partial charge in [-0.05, 0) is 35.4 Å². The van der Waals surface area contributed by atoms with Gasteiger partial charge in [0.2, 0.25) is 5.78 Å². The van der Waals surface area contributed by atoms with Crippen molar-refractivity contribution in [2.24, 2.45) is 10.2 Å². The molecule has 5 rings (SSSR count). The number of rotatable bonds is 2. The number of Topliss-reactive ketones (excluding diaryl/α,β-unsaturated/α-hetero) is 1. The molecule has 0 unspecified atom stereocenters. The minimum Gasteiger partial charge on any atom is -0.482 e. The Morgan fingerprint density at radius 2 is 1.72 bits per heavy atom. The van der Waals surface area contributed by atoms with Crippen LogP contribution in [0.4, 0.5) is 0 Å². The maximum Gasteiger partial charge on any atom is 0.200 e. The molecule has 0 bridgehead atoms. The van der Waals surface area contributed by atoms with Crippen molar-refractivity contribution < 1.29 is 9.53 Å². The number of hydrogen-bond donors (Lipinski definition) is 0. The third kappa shape index (κ3) is 2.78. The summed E-state index contributed by atoms with van der Waals surface area (Å²) in [6, 6.07) is 22.2. The van der Waals surface area contributed by atoms with Gasteiger partial charge in [-0.15, -0.1) is 0 Å². The molecule has 0 amide bonds. The summed E-state index contributed by atoms with van der Waals surface area (Å²) in [6.45, 7) is 0.349. The first-order chi connectivity index (χ1) is 14.1.